The van der Waals surface area contributed by atoms with Crippen LogP contribution in [0.15, 0.2) is 54.6 Å². The van der Waals surface area contributed by atoms with Crippen molar-refractivity contribution in [2.75, 3.05) is 6.54 Å². The average Bonchev–Trinajstić information content (AvgIpc) is 3.13. The number of nitrogens with one attached hydrogen (secondary N) is 3. The van der Waals surface area contributed by atoms with E-state index in [9.17, 15) is 24.4 Å². The van der Waals surface area contributed by atoms with Crippen LogP contribution >= 0.6 is 0 Å². The summed E-state index contributed by atoms with van der Waals surface area (Å²) in [4.78, 5) is 49.7. The van der Waals surface area contributed by atoms with Crippen molar-refractivity contribution in [3.8, 4) is 11.1 Å². The highest BCUT2D eigenvalue weighted by Gasteiger charge is 2.38. The van der Waals surface area contributed by atoms with Crippen molar-refractivity contribution in [2.45, 2.75) is 26.7 Å². The molecule has 0 saturated carbocycles. The van der Waals surface area contributed by atoms with Gasteiger partial charge in [0, 0.05) is 0 Å². The van der Waals surface area contributed by atoms with Gasteiger partial charge in [0.15, 0.2) is 0 Å². The Morgan fingerprint density at radius 1 is 1.00 bits per heavy atom. The Bertz CT molecular complexity index is 1010. The van der Waals surface area contributed by atoms with E-state index in [4.69, 9.17) is 0 Å². The first kappa shape index (κ1) is 23.9. The predicted molar refractivity (Wildman–Crippen MR) is 120 cm³/mol. The third kappa shape index (κ3) is 5.75. The lowest BCUT2D eigenvalue weighted by molar-refractivity contribution is -0.144. The van der Waals surface area contributed by atoms with Gasteiger partial charge in [-0.25, -0.2) is 10.3 Å². The fourth-order valence-corrected chi connectivity index (χ4v) is 4.03. The van der Waals surface area contributed by atoms with Crippen LogP contribution in [0.2, 0.25) is 0 Å². The van der Waals surface area contributed by atoms with Gasteiger partial charge >= 0.3 is 6.03 Å². The molecule has 9 heteroatoms. The highest BCUT2D eigenvalue weighted by Crippen LogP contribution is 2.30. The van der Waals surface area contributed by atoms with E-state index >= 15 is 0 Å². The molecule has 3 rings (SSSR count). The minimum Gasteiger partial charge on any atom is -0.327 e. The first-order chi connectivity index (χ1) is 15.8. The molecule has 1 fully saturated rings. The van der Waals surface area contributed by atoms with Crippen LogP contribution in [0.25, 0.3) is 11.1 Å². The first-order valence-corrected chi connectivity index (χ1v) is 10.8. The molecule has 0 spiro atoms. The summed E-state index contributed by atoms with van der Waals surface area (Å²) in [5, 5.41) is 12.4. The number of carbonyl (C=O) groups excluding carboxylic acids is 4. The molecule has 2 aromatic carbocycles. The van der Waals surface area contributed by atoms with Gasteiger partial charge in [0.05, 0.1) is 11.8 Å². The molecule has 1 saturated heterocycles. The number of benzene rings is 2. The summed E-state index contributed by atoms with van der Waals surface area (Å²) in [6.45, 7) is 3.60. The predicted octanol–water partition coefficient (Wildman–Crippen LogP) is 2.26. The lowest BCUT2D eigenvalue weighted by atomic mass is 9.79. The van der Waals surface area contributed by atoms with E-state index in [0.29, 0.717) is 11.4 Å². The minimum atomic E-state index is -0.942. The van der Waals surface area contributed by atoms with Crippen LogP contribution in [-0.4, -0.2) is 40.5 Å². The van der Waals surface area contributed by atoms with Gasteiger partial charge in [-0.15, -0.1) is 0 Å². The van der Waals surface area contributed by atoms with E-state index in [2.05, 4.69) is 10.7 Å². The molecule has 0 bridgehead atoms. The van der Waals surface area contributed by atoms with E-state index in [1.54, 1.807) is 5.48 Å². The zero-order valence-electron chi connectivity index (χ0n) is 18.6. The number of carbonyl (C=O) groups is 4. The van der Waals surface area contributed by atoms with Crippen molar-refractivity contribution in [3.05, 3.63) is 60.2 Å². The molecule has 1 unspecified atom stereocenters. The SMILES string of the molecule is CC(C)C[C@@H](C(=O)NN1C(=O)CNC1=O)C(Cc1ccccc1-c1ccccc1)C(=O)NO. The Morgan fingerprint density at radius 3 is 2.27 bits per heavy atom. The topological polar surface area (TPSA) is 128 Å². The Hall–Kier alpha value is -3.72. The smallest absolute Gasteiger partial charge is 0.327 e. The Labute approximate surface area is 192 Å². The first-order valence-electron chi connectivity index (χ1n) is 10.8. The second-order valence-electron chi connectivity index (χ2n) is 8.41. The fraction of sp³-hybridized carbons (Fsp3) is 0.333. The van der Waals surface area contributed by atoms with Gasteiger partial charge in [-0.1, -0.05) is 68.4 Å². The molecule has 0 radical (unpaired) electrons. The molecular formula is C24H28N4O5. The molecule has 1 aliphatic rings. The molecule has 33 heavy (non-hydrogen) atoms. The quantitative estimate of drug-likeness (QED) is 0.264. The third-order valence-electron chi connectivity index (χ3n) is 5.60. The number of hydrogen-bond acceptors (Lipinski definition) is 5. The van der Waals surface area contributed by atoms with Gasteiger partial charge in [-0.3, -0.25) is 25.0 Å². The zero-order chi connectivity index (χ0) is 24.0. The molecule has 174 valence electrons. The van der Waals surface area contributed by atoms with E-state index in [-0.39, 0.29) is 18.9 Å². The van der Waals surface area contributed by atoms with Crippen LogP contribution in [0.3, 0.4) is 0 Å². The maximum Gasteiger partial charge on any atom is 0.343 e. The van der Waals surface area contributed by atoms with E-state index < -0.39 is 35.6 Å². The van der Waals surface area contributed by atoms with E-state index in [1.165, 1.54) is 0 Å². The number of rotatable bonds is 9. The van der Waals surface area contributed by atoms with Crippen LogP contribution < -0.4 is 16.2 Å². The molecule has 4 N–H and O–H groups in total. The molecular weight excluding hydrogens is 424 g/mol. The van der Waals surface area contributed by atoms with Crippen LogP contribution in [0, 0.1) is 17.8 Å². The van der Waals surface area contributed by atoms with Crippen LogP contribution in [-0.2, 0) is 20.8 Å². The highest BCUT2D eigenvalue weighted by molar-refractivity contribution is 6.03. The van der Waals surface area contributed by atoms with Crippen molar-refractivity contribution in [3.63, 3.8) is 0 Å². The summed E-state index contributed by atoms with van der Waals surface area (Å²) in [5.74, 6) is -3.75. The Kier molecular flexibility index (Phi) is 7.78. The van der Waals surface area contributed by atoms with Crippen LogP contribution in [0.4, 0.5) is 4.79 Å². The minimum absolute atomic E-state index is 0.0298. The highest BCUT2D eigenvalue weighted by atomic mass is 16.5. The number of amides is 5. The number of hydroxylamine groups is 1. The van der Waals surface area contributed by atoms with Crippen molar-refractivity contribution in [2.24, 2.45) is 17.8 Å². The van der Waals surface area contributed by atoms with Gasteiger partial charge in [-0.2, -0.15) is 5.01 Å². The molecule has 2 atom stereocenters. The summed E-state index contributed by atoms with van der Waals surface area (Å²) in [6.07, 6.45) is 0.476. The number of imide groups is 1. The van der Waals surface area contributed by atoms with E-state index in [0.717, 1.165) is 16.7 Å². The normalized spacial score (nSPS) is 15.2. The van der Waals surface area contributed by atoms with Crippen molar-refractivity contribution in [1.29, 1.82) is 0 Å². The summed E-state index contributed by atoms with van der Waals surface area (Å²) < 4.78 is 0. The van der Waals surface area contributed by atoms with Crippen molar-refractivity contribution in [1.82, 2.24) is 21.2 Å². The molecule has 0 aromatic heterocycles. The summed E-state index contributed by atoms with van der Waals surface area (Å²) in [5.41, 5.74) is 6.73. The number of hydrazine groups is 1. The Balaban J connectivity index is 1.94. The lowest BCUT2D eigenvalue weighted by Crippen LogP contribution is -2.51. The maximum atomic E-state index is 13.2. The lowest BCUT2D eigenvalue weighted by Gasteiger charge is -2.28. The summed E-state index contributed by atoms with van der Waals surface area (Å²) in [7, 11) is 0. The van der Waals surface area contributed by atoms with Gasteiger partial charge in [-0.05, 0) is 35.4 Å². The standard InChI is InChI=1S/C24H28N4O5/c1-15(2)12-19(22(30)26-28-21(29)14-25-24(28)32)20(23(31)27-33)13-17-10-6-7-11-18(17)16-8-4-3-5-9-16/h3-11,15,19-20,33H,12-14H2,1-2H3,(H,25,32)(H,26,30)(H,27,31)/t19-,20?/m1/s1. The maximum absolute atomic E-state index is 13.2. The molecule has 5 amide bonds. The van der Waals surface area contributed by atoms with Gasteiger partial charge in [0.1, 0.15) is 6.54 Å². The second kappa shape index (κ2) is 10.7. The monoisotopic (exact) mass is 452 g/mol. The van der Waals surface area contributed by atoms with Gasteiger partial charge in [0.25, 0.3) is 5.91 Å². The number of urea groups is 1. The Morgan fingerprint density at radius 2 is 1.67 bits per heavy atom. The van der Waals surface area contributed by atoms with Gasteiger partial charge in [0.2, 0.25) is 11.8 Å². The zero-order valence-corrected chi connectivity index (χ0v) is 18.6. The van der Waals surface area contributed by atoms with Crippen LogP contribution in [0.5, 0.6) is 0 Å². The average molecular weight is 453 g/mol. The molecule has 1 heterocycles. The molecule has 2 aromatic rings. The molecule has 9 nitrogen and oxygen atoms in total. The molecule has 1 aliphatic heterocycles. The number of nitrogens with zero attached hydrogens (tertiary/aromatic N) is 1. The van der Waals surface area contributed by atoms with Gasteiger partial charge < -0.3 is 5.32 Å². The number of hydrogen-bond donors (Lipinski definition) is 4. The van der Waals surface area contributed by atoms with Crippen molar-refractivity contribution < 1.29 is 24.4 Å². The third-order valence-corrected chi connectivity index (χ3v) is 5.60. The summed E-state index contributed by atoms with van der Waals surface area (Å²) in [6, 6.07) is 16.5. The summed E-state index contributed by atoms with van der Waals surface area (Å²) >= 11 is 0. The van der Waals surface area contributed by atoms with Crippen LogP contribution in [0.1, 0.15) is 25.8 Å². The largest absolute Gasteiger partial charge is 0.343 e. The molecule has 0 aliphatic carbocycles. The fourth-order valence-electron chi connectivity index (χ4n) is 4.03. The second-order valence-corrected chi connectivity index (χ2v) is 8.41. The van der Waals surface area contributed by atoms with Crippen molar-refractivity contribution >= 4 is 23.8 Å². The van der Waals surface area contributed by atoms with E-state index in [1.807, 2.05) is 68.4 Å².